The normalized spacial score (nSPS) is 11.0. The molecule has 0 aliphatic heterocycles. The topological polar surface area (TPSA) is 76.9 Å². The van der Waals surface area contributed by atoms with E-state index in [0.717, 1.165) is 20.7 Å². The monoisotopic (exact) mass is 468 g/mol. The van der Waals surface area contributed by atoms with Crippen molar-refractivity contribution in [1.82, 2.24) is 14.5 Å². The molecule has 0 atom stereocenters. The predicted molar refractivity (Wildman–Crippen MR) is 119 cm³/mol. The van der Waals surface area contributed by atoms with Crippen LogP contribution < -0.4 is 10.9 Å². The third-order valence-corrected chi connectivity index (χ3v) is 5.69. The summed E-state index contributed by atoms with van der Waals surface area (Å²) in [5.74, 6) is -0.169. The largest absolute Gasteiger partial charge is 0.326 e. The molecule has 8 heteroatoms. The number of hydrogen-bond donors (Lipinski definition) is 1. The summed E-state index contributed by atoms with van der Waals surface area (Å²) in [6.45, 7) is 2.22. The van der Waals surface area contributed by atoms with Crippen LogP contribution in [0.15, 0.2) is 63.4 Å². The molecule has 146 valence electrons. The molecule has 0 unspecified atom stereocenters. The Morgan fingerprint density at radius 2 is 2.10 bits per heavy atom. The van der Waals surface area contributed by atoms with Crippen LogP contribution in [0.5, 0.6) is 0 Å². The molecule has 29 heavy (non-hydrogen) atoms. The van der Waals surface area contributed by atoms with Crippen molar-refractivity contribution < 1.29 is 4.79 Å². The number of fused-ring (bicyclic) bond motifs is 1. The lowest BCUT2D eigenvalue weighted by atomic mass is 10.1. The van der Waals surface area contributed by atoms with Crippen LogP contribution in [0.2, 0.25) is 0 Å². The summed E-state index contributed by atoms with van der Waals surface area (Å²) in [6, 6.07) is 12.9. The first-order chi connectivity index (χ1) is 14.0. The first-order valence-corrected chi connectivity index (χ1v) is 10.6. The lowest BCUT2D eigenvalue weighted by molar-refractivity contribution is -0.116. The molecular formula is C21H17BrN4O2S. The van der Waals surface area contributed by atoms with Crippen LogP contribution >= 0.6 is 27.3 Å². The fourth-order valence-corrected chi connectivity index (χ4v) is 3.97. The Morgan fingerprint density at radius 3 is 2.90 bits per heavy atom. The summed E-state index contributed by atoms with van der Waals surface area (Å²) in [5, 5.41) is 6.40. The third-order valence-electron chi connectivity index (χ3n) is 4.43. The number of amides is 1. The highest BCUT2D eigenvalue weighted by atomic mass is 79.9. The average Bonchev–Trinajstić information content (AvgIpc) is 3.14. The molecule has 2 aromatic heterocycles. The highest BCUT2D eigenvalue weighted by Gasteiger charge is 2.09. The number of aromatic nitrogens is 3. The summed E-state index contributed by atoms with van der Waals surface area (Å²) in [4.78, 5) is 33.8. The Bertz CT molecular complexity index is 1270. The second-order valence-corrected chi connectivity index (χ2v) is 8.51. The number of halogens is 1. The molecular weight excluding hydrogens is 452 g/mol. The van der Waals surface area contributed by atoms with E-state index in [1.54, 1.807) is 23.5 Å². The number of thiazole rings is 1. The fraction of sp³-hybridized carbons (Fsp3) is 0.143. The fourth-order valence-electron chi connectivity index (χ4n) is 2.99. The van der Waals surface area contributed by atoms with Gasteiger partial charge in [-0.3, -0.25) is 14.2 Å². The van der Waals surface area contributed by atoms with Crippen molar-refractivity contribution >= 4 is 49.8 Å². The van der Waals surface area contributed by atoms with Gasteiger partial charge in [0.1, 0.15) is 0 Å². The van der Waals surface area contributed by atoms with E-state index in [4.69, 9.17) is 0 Å². The summed E-state index contributed by atoms with van der Waals surface area (Å²) >= 11 is 4.96. The number of nitrogens with zero attached hydrogens (tertiary/aromatic N) is 3. The molecule has 0 saturated carbocycles. The van der Waals surface area contributed by atoms with Crippen LogP contribution in [0.3, 0.4) is 0 Å². The Hall–Kier alpha value is -2.84. The van der Waals surface area contributed by atoms with Gasteiger partial charge in [-0.05, 0) is 37.3 Å². The average molecular weight is 469 g/mol. The van der Waals surface area contributed by atoms with Crippen molar-refractivity contribution in [3.63, 3.8) is 0 Å². The van der Waals surface area contributed by atoms with E-state index in [-0.39, 0.29) is 24.4 Å². The van der Waals surface area contributed by atoms with E-state index in [9.17, 15) is 9.59 Å². The standard InChI is InChI=1S/C21H17BrN4O2S/c1-13-24-19(11-29-13)14-3-2-4-16(9-14)25-20(27)7-8-26-12-23-18-6-5-15(22)10-17(18)21(26)28/h2-6,9-12H,7-8H2,1H3,(H,25,27). The minimum absolute atomic E-state index is 0.162. The summed E-state index contributed by atoms with van der Waals surface area (Å²) in [5.41, 5.74) is 3.01. The number of anilines is 1. The van der Waals surface area contributed by atoms with Crippen LogP contribution in [0.4, 0.5) is 5.69 Å². The number of rotatable bonds is 5. The molecule has 6 nitrogen and oxygen atoms in total. The van der Waals surface area contributed by atoms with Gasteiger partial charge in [0.25, 0.3) is 5.56 Å². The Balaban J connectivity index is 1.45. The molecule has 4 rings (SSSR count). The number of carbonyl (C=O) groups excluding carboxylic acids is 1. The first-order valence-electron chi connectivity index (χ1n) is 8.97. The Kier molecular flexibility index (Phi) is 5.55. The zero-order chi connectivity index (χ0) is 20.4. The van der Waals surface area contributed by atoms with Gasteiger partial charge in [0.15, 0.2) is 0 Å². The first kappa shape index (κ1) is 19.5. The predicted octanol–water partition coefficient (Wildman–Crippen LogP) is 4.62. The van der Waals surface area contributed by atoms with Gasteiger partial charge >= 0.3 is 0 Å². The van der Waals surface area contributed by atoms with E-state index < -0.39 is 0 Å². The zero-order valence-electron chi connectivity index (χ0n) is 15.6. The molecule has 2 heterocycles. The van der Waals surface area contributed by atoms with Crippen LogP contribution in [-0.2, 0) is 11.3 Å². The van der Waals surface area contributed by atoms with Gasteiger partial charge in [0.05, 0.1) is 27.9 Å². The maximum absolute atomic E-state index is 12.6. The minimum atomic E-state index is -0.169. The highest BCUT2D eigenvalue weighted by molar-refractivity contribution is 9.10. The molecule has 0 saturated heterocycles. The van der Waals surface area contributed by atoms with Crippen LogP contribution in [0, 0.1) is 6.92 Å². The van der Waals surface area contributed by atoms with Crippen molar-refractivity contribution in [2.75, 3.05) is 5.32 Å². The summed E-state index contributed by atoms with van der Waals surface area (Å²) in [6.07, 6.45) is 1.65. The van der Waals surface area contributed by atoms with Gasteiger partial charge in [-0.2, -0.15) is 0 Å². The van der Waals surface area contributed by atoms with Gasteiger partial charge in [-0.15, -0.1) is 11.3 Å². The van der Waals surface area contributed by atoms with Crippen molar-refractivity contribution in [2.24, 2.45) is 0 Å². The highest BCUT2D eigenvalue weighted by Crippen LogP contribution is 2.24. The number of hydrogen-bond acceptors (Lipinski definition) is 5. The summed E-state index contributed by atoms with van der Waals surface area (Å²) in [7, 11) is 0. The zero-order valence-corrected chi connectivity index (χ0v) is 18.0. The number of carbonyl (C=O) groups is 1. The number of benzene rings is 2. The van der Waals surface area contributed by atoms with Gasteiger partial charge in [0, 0.05) is 34.1 Å². The van der Waals surface area contributed by atoms with Gasteiger partial charge in [-0.1, -0.05) is 28.1 Å². The van der Waals surface area contributed by atoms with Crippen LogP contribution in [0.1, 0.15) is 11.4 Å². The Labute approximate surface area is 179 Å². The lowest BCUT2D eigenvalue weighted by Crippen LogP contribution is -2.23. The van der Waals surface area contributed by atoms with E-state index in [0.29, 0.717) is 16.6 Å². The second kappa shape index (κ2) is 8.26. The maximum Gasteiger partial charge on any atom is 0.261 e. The van der Waals surface area contributed by atoms with E-state index in [2.05, 4.69) is 31.2 Å². The van der Waals surface area contributed by atoms with Crippen molar-refractivity contribution in [1.29, 1.82) is 0 Å². The molecule has 0 spiro atoms. The second-order valence-electron chi connectivity index (χ2n) is 6.54. The lowest BCUT2D eigenvalue weighted by Gasteiger charge is -2.09. The SMILES string of the molecule is Cc1nc(-c2cccc(NC(=O)CCn3cnc4ccc(Br)cc4c3=O)c2)cs1. The van der Waals surface area contributed by atoms with Gasteiger partial charge in [-0.25, -0.2) is 9.97 Å². The van der Waals surface area contributed by atoms with Crippen molar-refractivity contribution in [3.05, 3.63) is 74.0 Å². The molecule has 0 radical (unpaired) electrons. The van der Waals surface area contributed by atoms with Crippen LogP contribution in [0.25, 0.3) is 22.2 Å². The molecule has 0 aliphatic carbocycles. The molecule has 4 aromatic rings. The van der Waals surface area contributed by atoms with E-state index in [1.807, 2.05) is 42.6 Å². The summed E-state index contributed by atoms with van der Waals surface area (Å²) < 4.78 is 2.28. The molecule has 1 amide bonds. The minimum Gasteiger partial charge on any atom is -0.326 e. The van der Waals surface area contributed by atoms with E-state index >= 15 is 0 Å². The van der Waals surface area contributed by atoms with Gasteiger partial charge in [0.2, 0.25) is 5.91 Å². The quantitative estimate of drug-likeness (QED) is 0.463. The molecule has 0 bridgehead atoms. The smallest absolute Gasteiger partial charge is 0.261 e. The van der Waals surface area contributed by atoms with Crippen molar-refractivity contribution in [3.8, 4) is 11.3 Å². The van der Waals surface area contributed by atoms with Crippen molar-refractivity contribution in [2.45, 2.75) is 19.9 Å². The maximum atomic E-state index is 12.6. The molecule has 0 fully saturated rings. The molecule has 0 aliphatic rings. The number of aryl methyl sites for hydroxylation is 2. The van der Waals surface area contributed by atoms with E-state index in [1.165, 1.54) is 10.9 Å². The van der Waals surface area contributed by atoms with Crippen LogP contribution in [-0.4, -0.2) is 20.4 Å². The number of nitrogens with one attached hydrogen (secondary N) is 1. The van der Waals surface area contributed by atoms with Gasteiger partial charge < -0.3 is 5.32 Å². The molecule has 1 N–H and O–H groups in total. The Morgan fingerprint density at radius 1 is 1.24 bits per heavy atom. The third kappa shape index (κ3) is 4.44. The molecule has 2 aromatic carbocycles.